The van der Waals surface area contributed by atoms with Crippen molar-refractivity contribution in [3.05, 3.63) is 40.4 Å². The summed E-state index contributed by atoms with van der Waals surface area (Å²) in [5.74, 6) is -0.989. The number of carboxylic acids is 1. The van der Waals surface area contributed by atoms with E-state index in [1.807, 2.05) is 0 Å². The number of anilines is 1. The molecule has 0 atom stereocenters. The predicted molar refractivity (Wildman–Crippen MR) is 106 cm³/mol. The van der Waals surface area contributed by atoms with Crippen molar-refractivity contribution < 1.29 is 27.9 Å². The number of fused-ring (bicyclic) bond motifs is 1. The topological polar surface area (TPSA) is 126 Å². The van der Waals surface area contributed by atoms with E-state index in [9.17, 15) is 18.0 Å². The van der Waals surface area contributed by atoms with Crippen LogP contribution in [-0.2, 0) is 39.1 Å². The number of nitrogens with one attached hydrogen (secondary N) is 1. The van der Waals surface area contributed by atoms with Gasteiger partial charge in [-0.25, -0.2) is 18.2 Å². The number of hydrogen-bond acceptors (Lipinski definition) is 7. The molecule has 2 heterocycles. The molecule has 0 saturated heterocycles. The molecule has 1 aromatic carbocycles. The van der Waals surface area contributed by atoms with E-state index in [1.54, 1.807) is 20.8 Å². The number of rotatable bonds is 5. The summed E-state index contributed by atoms with van der Waals surface area (Å²) in [6.07, 6.45) is -0.618. The molecule has 0 radical (unpaired) electrons. The minimum atomic E-state index is -3.85. The molecular weight excluding hydrogens is 418 g/mol. The van der Waals surface area contributed by atoms with Crippen molar-refractivity contribution in [2.75, 3.05) is 4.72 Å². The molecular formula is C18H21N3O6S2. The lowest BCUT2D eigenvalue weighted by atomic mass is 10.2. The average Bonchev–Trinajstić information content (AvgIpc) is 3.11. The van der Waals surface area contributed by atoms with E-state index in [4.69, 9.17) is 9.84 Å². The number of aliphatic carboxylic acids is 1. The largest absolute Gasteiger partial charge is 0.481 e. The minimum Gasteiger partial charge on any atom is -0.481 e. The van der Waals surface area contributed by atoms with Gasteiger partial charge in [0.05, 0.1) is 35.0 Å². The normalized spacial score (nSPS) is 13.8. The van der Waals surface area contributed by atoms with Crippen LogP contribution >= 0.6 is 11.3 Å². The van der Waals surface area contributed by atoms with Crippen molar-refractivity contribution >= 4 is 38.6 Å². The fourth-order valence-electron chi connectivity index (χ4n) is 2.67. The third kappa shape index (κ3) is 5.24. The van der Waals surface area contributed by atoms with Crippen molar-refractivity contribution in [2.24, 2.45) is 0 Å². The standard InChI is InChI=1S/C18H21N3O6S2/c1-18(2,3)27-17(24)21-9-13-14(10-21)28-16(19-13)20-29(25,26)12-6-4-11(5-7-12)8-15(22)23/h4-7H,8-10H2,1-3H3,(H,19,20)(H,22,23). The quantitative estimate of drug-likeness (QED) is 0.733. The molecule has 2 N–H and O–H groups in total. The fraction of sp³-hybridized carbons (Fsp3) is 0.389. The van der Waals surface area contributed by atoms with Crippen LogP contribution in [0.3, 0.4) is 0 Å². The maximum Gasteiger partial charge on any atom is 0.410 e. The van der Waals surface area contributed by atoms with Gasteiger partial charge in [0.15, 0.2) is 5.13 Å². The number of benzene rings is 1. The molecule has 2 aromatic rings. The number of carbonyl (C=O) groups excluding carboxylic acids is 1. The molecule has 9 nitrogen and oxygen atoms in total. The van der Waals surface area contributed by atoms with Crippen LogP contribution in [0.15, 0.2) is 29.2 Å². The van der Waals surface area contributed by atoms with Crippen molar-refractivity contribution in [3.63, 3.8) is 0 Å². The van der Waals surface area contributed by atoms with Gasteiger partial charge in [-0.3, -0.25) is 14.4 Å². The number of aromatic nitrogens is 1. The summed E-state index contributed by atoms with van der Waals surface area (Å²) in [4.78, 5) is 29.5. The van der Waals surface area contributed by atoms with Gasteiger partial charge >= 0.3 is 12.1 Å². The number of hydrogen-bond donors (Lipinski definition) is 2. The van der Waals surface area contributed by atoms with Crippen LogP contribution in [0.1, 0.15) is 36.9 Å². The summed E-state index contributed by atoms with van der Waals surface area (Å²) in [6.45, 7) is 5.93. The van der Waals surface area contributed by atoms with E-state index >= 15 is 0 Å². The van der Waals surface area contributed by atoms with Gasteiger partial charge in [0.1, 0.15) is 5.60 Å². The Labute approximate surface area is 172 Å². The van der Waals surface area contributed by atoms with Gasteiger partial charge in [0.2, 0.25) is 0 Å². The van der Waals surface area contributed by atoms with Gasteiger partial charge in [-0.2, -0.15) is 0 Å². The van der Waals surface area contributed by atoms with E-state index < -0.39 is 27.7 Å². The fourth-order valence-corrected chi connectivity index (χ4v) is 4.90. The highest BCUT2D eigenvalue weighted by Crippen LogP contribution is 2.32. The maximum absolute atomic E-state index is 12.5. The highest BCUT2D eigenvalue weighted by molar-refractivity contribution is 7.93. The zero-order valence-corrected chi connectivity index (χ0v) is 17.8. The third-order valence-electron chi connectivity index (χ3n) is 3.92. The minimum absolute atomic E-state index is 0.0115. The Hall–Kier alpha value is -2.66. The van der Waals surface area contributed by atoms with Crippen LogP contribution in [0.5, 0.6) is 0 Å². The molecule has 0 saturated carbocycles. The first-order valence-corrected chi connectivity index (χ1v) is 11.0. The Bertz CT molecular complexity index is 1020. The Morgan fingerprint density at radius 3 is 2.45 bits per heavy atom. The molecule has 0 bridgehead atoms. The summed E-state index contributed by atoms with van der Waals surface area (Å²) in [6, 6.07) is 5.63. The molecule has 1 aliphatic rings. The Kier molecular flexibility index (Phi) is 5.54. The monoisotopic (exact) mass is 439 g/mol. The number of thiazole rings is 1. The smallest absolute Gasteiger partial charge is 0.410 e. The van der Waals surface area contributed by atoms with Crippen LogP contribution in [0.25, 0.3) is 0 Å². The molecule has 3 rings (SSSR count). The van der Waals surface area contributed by atoms with Crippen molar-refractivity contribution in [2.45, 2.75) is 50.8 Å². The summed E-state index contributed by atoms with van der Waals surface area (Å²) >= 11 is 1.17. The van der Waals surface area contributed by atoms with Gasteiger partial charge in [-0.05, 0) is 38.5 Å². The second-order valence-electron chi connectivity index (χ2n) is 7.55. The third-order valence-corrected chi connectivity index (χ3v) is 6.40. The lowest BCUT2D eigenvalue weighted by molar-refractivity contribution is -0.136. The number of ether oxygens (including phenoxy) is 1. The molecule has 11 heteroatoms. The zero-order valence-electron chi connectivity index (χ0n) is 16.1. The number of carboxylic acid groups (broad SMARTS) is 1. The van der Waals surface area contributed by atoms with Gasteiger partial charge < -0.3 is 9.84 Å². The van der Waals surface area contributed by atoms with E-state index in [0.29, 0.717) is 17.8 Å². The van der Waals surface area contributed by atoms with Crippen molar-refractivity contribution in [1.82, 2.24) is 9.88 Å². The van der Waals surface area contributed by atoms with E-state index in [0.717, 1.165) is 4.88 Å². The maximum atomic E-state index is 12.5. The lowest BCUT2D eigenvalue weighted by Gasteiger charge is -2.24. The molecule has 0 fully saturated rings. The molecule has 0 aliphatic carbocycles. The summed E-state index contributed by atoms with van der Waals surface area (Å²) < 4.78 is 32.9. The SMILES string of the molecule is CC(C)(C)OC(=O)N1Cc2nc(NS(=O)(=O)c3ccc(CC(=O)O)cc3)sc2C1. The predicted octanol–water partition coefficient (Wildman–Crippen LogP) is 2.82. The first-order chi connectivity index (χ1) is 13.4. The number of nitrogens with zero attached hydrogens (tertiary/aromatic N) is 2. The highest BCUT2D eigenvalue weighted by atomic mass is 32.2. The van der Waals surface area contributed by atoms with E-state index in [2.05, 4.69) is 9.71 Å². The molecule has 1 aliphatic heterocycles. The number of carbonyl (C=O) groups is 2. The van der Waals surface area contributed by atoms with Crippen molar-refractivity contribution in [1.29, 1.82) is 0 Å². The first kappa shape index (κ1) is 21.1. The summed E-state index contributed by atoms with van der Waals surface area (Å²) in [7, 11) is -3.85. The lowest BCUT2D eigenvalue weighted by Crippen LogP contribution is -2.33. The molecule has 1 aromatic heterocycles. The highest BCUT2D eigenvalue weighted by Gasteiger charge is 2.31. The summed E-state index contributed by atoms with van der Waals surface area (Å²) in [5, 5.41) is 9.00. The van der Waals surface area contributed by atoms with E-state index in [-0.39, 0.29) is 23.0 Å². The Balaban J connectivity index is 1.66. The molecule has 0 spiro atoms. The molecule has 0 unspecified atom stereocenters. The first-order valence-electron chi connectivity index (χ1n) is 8.73. The second kappa shape index (κ2) is 7.64. The zero-order chi connectivity index (χ0) is 21.4. The van der Waals surface area contributed by atoms with Gasteiger partial charge in [-0.15, -0.1) is 0 Å². The van der Waals surface area contributed by atoms with Gasteiger partial charge in [0.25, 0.3) is 10.0 Å². The Morgan fingerprint density at radius 2 is 1.90 bits per heavy atom. The summed E-state index contributed by atoms with van der Waals surface area (Å²) in [5.41, 5.74) is 0.545. The Morgan fingerprint density at radius 1 is 1.24 bits per heavy atom. The van der Waals surface area contributed by atoms with Gasteiger partial charge in [-0.1, -0.05) is 23.5 Å². The van der Waals surface area contributed by atoms with Crippen LogP contribution in [0.4, 0.5) is 9.93 Å². The van der Waals surface area contributed by atoms with Crippen LogP contribution in [0, 0.1) is 0 Å². The average molecular weight is 440 g/mol. The molecule has 156 valence electrons. The molecule has 1 amide bonds. The van der Waals surface area contributed by atoms with Crippen LogP contribution in [-0.4, -0.2) is 41.1 Å². The van der Waals surface area contributed by atoms with Gasteiger partial charge in [0, 0.05) is 0 Å². The number of sulfonamides is 1. The second-order valence-corrected chi connectivity index (χ2v) is 10.3. The molecule has 29 heavy (non-hydrogen) atoms. The van der Waals surface area contributed by atoms with Crippen molar-refractivity contribution in [3.8, 4) is 0 Å². The van der Waals surface area contributed by atoms with Crippen LogP contribution < -0.4 is 4.72 Å². The number of amides is 1. The van der Waals surface area contributed by atoms with E-state index in [1.165, 1.54) is 40.5 Å². The van der Waals surface area contributed by atoms with Crippen LogP contribution in [0.2, 0.25) is 0 Å².